The number of hydrogen-bond acceptors (Lipinski definition) is 6. The standard InChI is InChI=1S/C14H16Cl2N2O6S/c1-2-24-14(21)17-3-5-18(6-4-17)25(22,23)12-7-9(13(19)20)10(15)8-11(12)16/h7-8H,2-6H2,1H3,(H,19,20)/p-1. The maximum Gasteiger partial charge on any atom is 0.409 e. The molecule has 0 atom stereocenters. The largest absolute Gasteiger partial charge is 0.545 e. The molecule has 1 heterocycles. The van der Waals surface area contributed by atoms with Gasteiger partial charge in [-0.1, -0.05) is 23.2 Å². The summed E-state index contributed by atoms with van der Waals surface area (Å²) in [6, 6.07) is 1.93. The van der Waals surface area contributed by atoms with Crippen LogP contribution in [0.2, 0.25) is 10.0 Å². The van der Waals surface area contributed by atoms with Gasteiger partial charge in [0.25, 0.3) is 0 Å². The number of sulfonamides is 1. The molecule has 8 nitrogen and oxygen atoms in total. The number of carboxylic acid groups (broad SMARTS) is 1. The van der Waals surface area contributed by atoms with E-state index in [1.54, 1.807) is 6.92 Å². The summed E-state index contributed by atoms with van der Waals surface area (Å²) in [7, 11) is -4.05. The lowest BCUT2D eigenvalue weighted by atomic mass is 10.2. The molecule has 1 fully saturated rings. The molecule has 1 aliphatic rings. The van der Waals surface area contributed by atoms with Crippen molar-refractivity contribution in [2.45, 2.75) is 11.8 Å². The number of nitrogens with zero attached hydrogens (tertiary/aromatic N) is 2. The lowest BCUT2D eigenvalue weighted by Crippen LogP contribution is -2.50. The number of carbonyl (C=O) groups excluding carboxylic acids is 2. The molecule has 25 heavy (non-hydrogen) atoms. The molecule has 1 aromatic carbocycles. The predicted molar refractivity (Wildman–Crippen MR) is 88.1 cm³/mol. The average Bonchev–Trinajstić information content (AvgIpc) is 2.54. The van der Waals surface area contributed by atoms with Crippen LogP contribution >= 0.6 is 23.2 Å². The Labute approximate surface area is 154 Å². The highest BCUT2D eigenvalue weighted by Gasteiger charge is 2.32. The first kappa shape index (κ1) is 19.8. The minimum Gasteiger partial charge on any atom is -0.545 e. The number of piperazine rings is 1. The van der Waals surface area contributed by atoms with Crippen LogP contribution in [-0.2, 0) is 14.8 Å². The Bertz CT molecular complexity index is 791. The Balaban J connectivity index is 2.25. The summed E-state index contributed by atoms with van der Waals surface area (Å²) >= 11 is 11.7. The second kappa shape index (κ2) is 7.77. The van der Waals surface area contributed by atoms with Gasteiger partial charge in [0.2, 0.25) is 10.0 Å². The third kappa shape index (κ3) is 4.17. The molecule has 0 unspecified atom stereocenters. The van der Waals surface area contributed by atoms with E-state index in [1.165, 1.54) is 4.90 Å². The molecule has 1 amide bonds. The Hall–Kier alpha value is -1.55. The van der Waals surface area contributed by atoms with Gasteiger partial charge in [-0.3, -0.25) is 0 Å². The summed E-state index contributed by atoms with van der Waals surface area (Å²) in [5.74, 6) is -1.61. The monoisotopic (exact) mass is 409 g/mol. The molecule has 1 aromatic rings. The van der Waals surface area contributed by atoms with Gasteiger partial charge in [0.1, 0.15) is 4.90 Å². The molecule has 1 aliphatic heterocycles. The van der Waals surface area contributed by atoms with E-state index in [1.807, 2.05) is 0 Å². The molecule has 138 valence electrons. The topological polar surface area (TPSA) is 107 Å². The van der Waals surface area contributed by atoms with Gasteiger partial charge in [0.15, 0.2) is 0 Å². The van der Waals surface area contributed by atoms with Crippen LogP contribution in [0.4, 0.5) is 4.79 Å². The fourth-order valence-corrected chi connectivity index (χ4v) is 4.60. The van der Waals surface area contributed by atoms with Crippen molar-refractivity contribution < 1.29 is 27.9 Å². The normalized spacial score (nSPS) is 15.9. The first-order valence-electron chi connectivity index (χ1n) is 7.30. The quantitative estimate of drug-likeness (QED) is 0.728. The van der Waals surface area contributed by atoms with Crippen LogP contribution in [0.3, 0.4) is 0 Å². The fourth-order valence-electron chi connectivity index (χ4n) is 2.35. The smallest absolute Gasteiger partial charge is 0.409 e. The highest BCUT2D eigenvalue weighted by Crippen LogP contribution is 2.31. The van der Waals surface area contributed by atoms with Crippen molar-refractivity contribution in [3.63, 3.8) is 0 Å². The van der Waals surface area contributed by atoms with Crippen molar-refractivity contribution in [3.05, 3.63) is 27.7 Å². The molecule has 1 saturated heterocycles. The van der Waals surface area contributed by atoms with Crippen LogP contribution in [-0.4, -0.2) is 62.5 Å². The van der Waals surface area contributed by atoms with E-state index in [0.29, 0.717) is 0 Å². The van der Waals surface area contributed by atoms with Gasteiger partial charge in [-0.25, -0.2) is 13.2 Å². The first-order valence-corrected chi connectivity index (χ1v) is 9.50. The lowest BCUT2D eigenvalue weighted by molar-refractivity contribution is -0.255. The van der Waals surface area contributed by atoms with E-state index >= 15 is 0 Å². The molecule has 2 rings (SSSR count). The van der Waals surface area contributed by atoms with Gasteiger partial charge in [0.05, 0.1) is 22.6 Å². The van der Waals surface area contributed by atoms with Crippen LogP contribution < -0.4 is 5.11 Å². The molecular weight excluding hydrogens is 395 g/mol. The Morgan fingerprint density at radius 3 is 2.28 bits per heavy atom. The second-order valence-electron chi connectivity index (χ2n) is 5.14. The van der Waals surface area contributed by atoms with Crippen molar-refractivity contribution in [2.24, 2.45) is 0 Å². The number of amides is 1. The summed E-state index contributed by atoms with van der Waals surface area (Å²) in [5, 5.41) is 10.7. The number of carboxylic acids is 1. The number of rotatable bonds is 4. The molecule has 0 bridgehead atoms. The molecule has 11 heteroatoms. The second-order valence-corrected chi connectivity index (χ2v) is 7.86. The van der Waals surface area contributed by atoms with Crippen molar-refractivity contribution in [3.8, 4) is 0 Å². The highest BCUT2D eigenvalue weighted by atomic mass is 35.5. The number of aromatic carboxylic acids is 1. The fraction of sp³-hybridized carbons (Fsp3) is 0.429. The number of halogens is 2. The van der Waals surface area contributed by atoms with Gasteiger partial charge in [-0.05, 0) is 19.1 Å². The van der Waals surface area contributed by atoms with Gasteiger partial charge in [0, 0.05) is 31.7 Å². The minimum atomic E-state index is -4.05. The zero-order valence-electron chi connectivity index (χ0n) is 13.2. The van der Waals surface area contributed by atoms with Crippen LogP contribution in [0.25, 0.3) is 0 Å². The molecule has 0 spiro atoms. The van der Waals surface area contributed by atoms with Gasteiger partial charge >= 0.3 is 6.09 Å². The minimum absolute atomic E-state index is 0.0285. The van der Waals surface area contributed by atoms with Crippen molar-refractivity contribution in [1.29, 1.82) is 0 Å². The zero-order valence-corrected chi connectivity index (χ0v) is 15.5. The maximum atomic E-state index is 12.7. The average molecular weight is 410 g/mol. The van der Waals surface area contributed by atoms with E-state index in [-0.39, 0.29) is 47.7 Å². The SMILES string of the molecule is CCOC(=O)N1CCN(S(=O)(=O)c2cc(C(=O)[O-])c(Cl)cc2Cl)CC1. The van der Waals surface area contributed by atoms with E-state index < -0.39 is 27.6 Å². The number of benzene rings is 1. The van der Waals surface area contributed by atoms with Crippen LogP contribution in [0.1, 0.15) is 17.3 Å². The van der Waals surface area contributed by atoms with E-state index in [4.69, 9.17) is 27.9 Å². The molecule has 0 aromatic heterocycles. The number of hydrogen-bond donors (Lipinski definition) is 0. The Morgan fingerprint density at radius 1 is 1.16 bits per heavy atom. The summed E-state index contributed by atoms with van der Waals surface area (Å²) in [5.41, 5.74) is -0.463. The highest BCUT2D eigenvalue weighted by molar-refractivity contribution is 7.89. The first-order chi connectivity index (χ1) is 11.7. The Morgan fingerprint density at radius 2 is 1.76 bits per heavy atom. The third-order valence-electron chi connectivity index (χ3n) is 3.62. The molecule has 0 aliphatic carbocycles. The molecule has 0 radical (unpaired) electrons. The summed E-state index contributed by atoms with van der Waals surface area (Å²) in [4.78, 5) is 23.7. The van der Waals surface area contributed by atoms with Crippen molar-refractivity contribution in [2.75, 3.05) is 32.8 Å². The third-order valence-corrected chi connectivity index (χ3v) is 6.30. The van der Waals surface area contributed by atoms with E-state index in [0.717, 1.165) is 16.4 Å². The lowest BCUT2D eigenvalue weighted by Gasteiger charge is -2.33. The molecule has 0 N–H and O–H groups in total. The van der Waals surface area contributed by atoms with Gasteiger partial charge in [-0.15, -0.1) is 0 Å². The summed E-state index contributed by atoms with van der Waals surface area (Å²) in [6.07, 6.45) is -0.511. The zero-order chi connectivity index (χ0) is 18.8. The summed E-state index contributed by atoms with van der Waals surface area (Å²) < 4.78 is 31.5. The van der Waals surface area contributed by atoms with Gasteiger partial charge in [-0.2, -0.15) is 4.31 Å². The van der Waals surface area contributed by atoms with Crippen molar-refractivity contribution >= 4 is 45.3 Å². The molecule has 0 saturated carbocycles. The number of ether oxygens (including phenoxy) is 1. The van der Waals surface area contributed by atoms with E-state index in [9.17, 15) is 23.1 Å². The predicted octanol–water partition coefficient (Wildman–Crippen LogP) is 0.820. The molecular formula is C14H15Cl2N2O6S-. The Kier molecular flexibility index (Phi) is 6.15. The van der Waals surface area contributed by atoms with Crippen molar-refractivity contribution in [1.82, 2.24) is 9.21 Å². The van der Waals surface area contributed by atoms with Crippen LogP contribution in [0.5, 0.6) is 0 Å². The summed E-state index contributed by atoms with van der Waals surface area (Å²) in [6.45, 7) is 2.26. The van der Waals surface area contributed by atoms with Crippen LogP contribution in [0, 0.1) is 0 Å². The van der Waals surface area contributed by atoms with Crippen LogP contribution in [0.15, 0.2) is 17.0 Å². The number of carbonyl (C=O) groups is 2. The maximum absolute atomic E-state index is 12.7. The van der Waals surface area contributed by atoms with Gasteiger partial charge < -0.3 is 19.5 Å². The van der Waals surface area contributed by atoms with E-state index in [2.05, 4.69) is 0 Å².